The summed E-state index contributed by atoms with van der Waals surface area (Å²) in [5.74, 6) is 0.888. The van der Waals surface area contributed by atoms with E-state index in [1.165, 1.54) is 32.4 Å². The molecule has 0 spiro atoms. The number of benzene rings is 2. The number of para-hydroxylation sites is 1. The van der Waals surface area contributed by atoms with E-state index in [1.54, 1.807) is 6.07 Å². The van der Waals surface area contributed by atoms with Crippen LogP contribution in [-0.2, 0) is 6.54 Å². The normalized spacial score (nSPS) is 14.9. The van der Waals surface area contributed by atoms with Gasteiger partial charge in [-0.1, -0.05) is 18.6 Å². The van der Waals surface area contributed by atoms with Gasteiger partial charge < -0.3 is 14.2 Å². The number of pyridine rings is 1. The molecule has 1 aliphatic rings. The largest absolute Gasteiger partial charge is 0.494 e. The molecule has 4 heteroatoms. The van der Waals surface area contributed by atoms with Gasteiger partial charge in [0, 0.05) is 24.5 Å². The molecule has 29 heavy (non-hydrogen) atoms. The van der Waals surface area contributed by atoms with E-state index in [4.69, 9.17) is 4.74 Å². The predicted octanol–water partition coefficient (Wildman–Crippen LogP) is 4.94. The van der Waals surface area contributed by atoms with Crippen LogP contribution in [0.3, 0.4) is 0 Å². The van der Waals surface area contributed by atoms with Gasteiger partial charge in [-0.05, 0) is 81.2 Å². The lowest BCUT2D eigenvalue weighted by atomic mass is 10.1. The summed E-state index contributed by atoms with van der Waals surface area (Å²) >= 11 is 0. The monoisotopic (exact) mass is 390 g/mol. The predicted molar refractivity (Wildman–Crippen MR) is 120 cm³/mol. The van der Waals surface area contributed by atoms with E-state index >= 15 is 0 Å². The average molecular weight is 391 g/mol. The van der Waals surface area contributed by atoms with Crippen molar-refractivity contribution in [3.8, 4) is 17.0 Å². The van der Waals surface area contributed by atoms with Crippen molar-refractivity contribution < 1.29 is 4.74 Å². The third kappa shape index (κ3) is 4.54. The maximum absolute atomic E-state index is 12.6. The number of hydrogen-bond acceptors (Lipinski definition) is 3. The lowest BCUT2D eigenvalue weighted by Gasteiger charge is -2.26. The van der Waals surface area contributed by atoms with Crippen molar-refractivity contribution in [2.24, 2.45) is 0 Å². The average Bonchev–Trinajstić information content (AvgIpc) is 2.78. The molecule has 3 aromatic rings. The lowest BCUT2D eigenvalue weighted by molar-refractivity contribution is 0.205. The highest BCUT2D eigenvalue weighted by molar-refractivity contribution is 5.82. The second-order valence-corrected chi connectivity index (χ2v) is 7.78. The highest BCUT2D eigenvalue weighted by Gasteiger charge is 2.11. The molecule has 0 saturated carbocycles. The molecule has 2 heterocycles. The van der Waals surface area contributed by atoms with Gasteiger partial charge >= 0.3 is 0 Å². The number of rotatable bonds is 7. The highest BCUT2D eigenvalue weighted by atomic mass is 16.5. The van der Waals surface area contributed by atoms with E-state index in [9.17, 15) is 4.79 Å². The Labute approximate surface area is 172 Å². The van der Waals surface area contributed by atoms with Crippen LogP contribution in [0.4, 0.5) is 0 Å². The molecule has 0 bridgehead atoms. The van der Waals surface area contributed by atoms with Gasteiger partial charge in [-0.3, -0.25) is 4.79 Å². The fourth-order valence-corrected chi connectivity index (χ4v) is 4.29. The van der Waals surface area contributed by atoms with Crippen LogP contribution in [0.2, 0.25) is 0 Å². The third-order valence-corrected chi connectivity index (χ3v) is 5.82. The Morgan fingerprint density at radius 3 is 2.48 bits per heavy atom. The summed E-state index contributed by atoms with van der Waals surface area (Å²) in [6.45, 7) is 7.26. The van der Waals surface area contributed by atoms with E-state index < -0.39 is 0 Å². The van der Waals surface area contributed by atoms with Crippen LogP contribution in [0, 0.1) is 0 Å². The number of ether oxygens (including phenoxy) is 1. The van der Waals surface area contributed by atoms with Crippen LogP contribution in [0.1, 0.15) is 32.6 Å². The quantitative estimate of drug-likeness (QED) is 0.536. The standard InChI is InChI=1S/C25H30N2O2/c1-2-27-23-10-5-4-9-22(23)25(28)19-24(27)20-11-13-21(14-12-20)29-18-8-17-26-15-6-3-7-16-26/h4-5,9-14,19H,2-3,6-8,15-18H2,1H3. The van der Waals surface area contributed by atoms with Gasteiger partial charge in [0.25, 0.3) is 0 Å². The van der Waals surface area contributed by atoms with Crippen molar-refractivity contribution in [3.63, 3.8) is 0 Å². The van der Waals surface area contributed by atoms with Gasteiger partial charge in [-0.2, -0.15) is 0 Å². The van der Waals surface area contributed by atoms with Crippen molar-refractivity contribution in [3.05, 3.63) is 64.8 Å². The molecule has 1 saturated heterocycles. The highest BCUT2D eigenvalue weighted by Crippen LogP contribution is 2.25. The molecule has 2 aromatic carbocycles. The smallest absolute Gasteiger partial charge is 0.190 e. The molecule has 1 fully saturated rings. The molecule has 1 aliphatic heterocycles. The number of fused-ring (bicyclic) bond motifs is 1. The van der Waals surface area contributed by atoms with Crippen LogP contribution in [-0.4, -0.2) is 35.7 Å². The van der Waals surface area contributed by atoms with Crippen molar-refractivity contribution in [1.29, 1.82) is 0 Å². The molecule has 0 unspecified atom stereocenters. The van der Waals surface area contributed by atoms with Crippen molar-refractivity contribution in [2.45, 2.75) is 39.2 Å². The summed E-state index contributed by atoms with van der Waals surface area (Å²) in [6, 6.07) is 17.7. The lowest BCUT2D eigenvalue weighted by Crippen LogP contribution is -2.31. The van der Waals surface area contributed by atoms with Crippen LogP contribution >= 0.6 is 0 Å². The molecule has 4 rings (SSSR count). The topological polar surface area (TPSA) is 34.5 Å². The summed E-state index contributed by atoms with van der Waals surface area (Å²) in [5, 5.41) is 0.770. The van der Waals surface area contributed by atoms with Crippen molar-refractivity contribution >= 4 is 10.9 Å². The zero-order valence-corrected chi connectivity index (χ0v) is 17.3. The van der Waals surface area contributed by atoms with E-state index in [0.717, 1.165) is 54.0 Å². The zero-order chi connectivity index (χ0) is 20.1. The molecular formula is C25H30N2O2. The fraction of sp³-hybridized carbons (Fsp3) is 0.400. The molecule has 1 aromatic heterocycles. The summed E-state index contributed by atoms with van der Waals surface area (Å²) in [5.41, 5.74) is 3.04. The fourth-order valence-electron chi connectivity index (χ4n) is 4.29. The number of aryl methyl sites for hydroxylation is 1. The first-order valence-corrected chi connectivity index (χ1v) is 10.8. The molecule has 0 amide bonds. The van der Waals surface area contributed by atoms with Crippen LogP contribution in [0.5, 0.6) is 5.75 Å². The Kier molecular flexibility index (Phi) is 6.30. The van der Waals surface area contributed by atoms with Gasteiger partial charge in [-0.15, -0.1) is 0 Å². The Bertz CT molecular complexity index is 1000. The minimum Gasteiger partial charge on any atom is -0.494 e. The Morgan fingerprint density at radius 2 is 1.72 bits per heavy atom. The molecular weight excluding hydrogens is 360 g/mol. The van der Waals surface area contributed by atoms with Crippen LogP contribution in [0.15, 0.2) is 59.4 Å². The Balaban J connectivity index is 1.44. The van der Waals surface area contributed by atoms with Gasteiger partial charge in [-0.25, -0.2) is 0 Å². The molecule has 152 valence electrons. The number of aromatic nitrogens is 1. The summed E-state index contributed by atoms with van der Waals surface area (Å²) in [4.78, 5) is 15.1. The summed E-state index contributed by atoms with van der Waals surface area (Å²) < 4.78 is 8.14. The van der Waals surface area contributed by atoms with Crippen molar-refractivity contribution in [1.82, 2.24) is 9.47 Å². The summed E-state index contributed by atoms with van der Waals surface area (Å²) in [6.07, 6.45) is 5.10. The molecule has 4 nitrogen and oxygen atoms in total. The number of likely N-dealkylation sites (tertiary alicyclic amines) is 1. The first-order chi connectivity index (χ1) is 14.3. The Morgan fingerprint density at radius 1 is 0.966 bits per heavy atom. The molecule has 0 radical (unpaired) electrons. The zero-order valence-electron chi connectivity index (χ0n) is 17.3. The molecule has 0 N–H and O–H groups in total. The first kappa shape index (κ1) is 19.7. The number of piperidine rings is 1. The van der Waals surface area contributed by atoms with Gasteiger partial charge in [0.05, 0.1) is 17.8 Å². The van der Waals surface area contributed by atoms with E-state index in [2.05, 4.69) is 28.5 Å². The maximum atomic E-state index is 12.6. The second-order valence-electron chi connectivity index (χ2n) is 7.78. The van der Waals surface area contributed by atoms with Crippen LogP contribution in [0.25, 0.3) is 22.2 Å². The van der Waals surface area contributed by atoms with Gasteiger partial charge in [0.1, 0.15) is 5.75 Å². The van der Waals surface area contributed by atoms with Gasteiger partial charge in [0.2, 0.25) is 0 Å². The first-order valence-electron chi connectivity index (χ1n) is 10.8. The van der Waals surface area contributed by atoms with E-state index in [1.807, 2.05) is 36.4 Å². The summed E-state index contributed by atoms with van der Waals surface area (Å²) in [7, 11) is 0. The van der Waals surface area contributed by atoms with Crippen LogP contribution < -0.4 is 10.2 Å². The molecule has 0 aliphatic carbocycles. The minimum absolute atomic E-state index is 0.0679. The maximum Gasteiger partial charge on any atom is 0.190 e. The third-order valence-electron chi connectivity index (χ3n) is 5.82. The Hall–Kier alpha value is -2.59. The molecule has 0 atom stereocenters. The second kappa shape index (κ2) is 9.27. The minimum atomic E-state index is 0.0679. The number of nitrogens with zero attached hydrogens (tertiary/aromatic N) is 2. The number of hydrogen-bond donors (Lipinski definition) is 0. The SMILES string of the molecule is CCn1c(-c2ccc(OCCCN3CCCCC3)cc2)cc(=O)c2ccccc21. The van der Waals surface area contributed by atoms with Gasteiger partial charge in [0.15, 0.2) is 5.43 Å². The van der Waals surface area contributed by atoms with E-state index in [-0.39, 0.29) is 5.43 Å². The van der Waals surface area contributed by atoms with E-state index in [0.29, 0.717) is 0 Å². The van der Waals surface area contributed by atoms with Crippen molar-refractivity contribution in [2.75, 3.05) is 26.2 Å².